The number of benzene rings is 2. The molecule has 2 atom stereocenters. The topological polar surface area (TPSA) is 44.1 Å². The highest BCUT2D eigenvalue weighted by Gasteiger charge is 2.60. The highest BCUT2D eigenvalue weighted by atomic mass is 32.2. The van der Waals surface area contributed by atoms with Gasteiger partial charge in [0.05, 0.1) is 5.52 Å². The molecule has 5 nitrogen and oxygen atoms in total. The number of amidine groups is 1. The Kier molecular flexibility index (Phi) is 5.53. The van der Waals surface area contributed by atoms with E-state index in [9.17, 15) is 0 Å². The molecule has 2 aliphatic heterocycles. The fourth-order valence-corrected chi connectivity index (χ4v) is 6.45. The Morgan fingerprint density at radius 3 is 2.85 bits per heavy atom. The van der Waals surface area contributed by atoms with Gasteiger partial charge < -0.3 is 9.80 Å². The van der Waals surface area contributed by atoms with Crippen molar-refractivity contribution in [2.24, 2.45) is 16.1 Å². The monoisotopic (exact) mass is 467 g/mol. The Hall–Kier alpha value is -2.92. The molecule has 172 valence electrons. The number of fused-ring (bicyclic) bond motifs is 2. The van der Waals surface area contributed by atoms with E-state index >= 15 is 0 Å². The van der Waals surface area contributed by atoms with E-state index < -0.39 is 0 Å². The molecule has 1 saturated carbocycles. The van der Waals surface area contributed by atoms with E-state index in [0.29, 0.717) is 5.41 Å². The number of hydrogen-bond acceptors (Lipinski definition) is 6. The van der Waals surface area contributed by atoms with E-state index in [-0.39, 0.29) is 0 Å². The van der Waals surface area contributed by atoms with Crippen LogP contribution in [0.25, 0.3) is 10.9 Å². The molecule has 6 rings (SSSR count). The molecule has 3 heterocycles. The molecular formula is C28H29N5S. The summed E-state index contributed by atoms with van der Waals surface area (Å²) in [6, 6.07) is 21.5. The van der Waals surface area contributed by atoms with E-state index in [4.69, 9.17) is 0 Å². The smallest absolute Gasteiger partial charge is 0.165 e. The van der Waals surface area contributed by atoms with Crippen molar-refractivity contribution in [3.05, 3.63) is 82.5 Å². The minimum Gasteiger partial charge on any atom is -0.314 e. The predicted octanol–water partition coefficient (Wildman–Crippen LogP) is 5.06. The minimum absolute atomic E-state index is 0.435. The van der Waals surface area contributed by atoms with Gasteiger partial charge in [0.2, 0.25) is 0 Å². The predicted molar refractivity (Wildman–Crippen MR) is 141 cm³/mol. The summed E-state index contributed by atoms with van der Waals surface area (Å²) in [6.45, 7) is 5.63. The third-order valence-electron chi connectivity index (χ3n) is 7.45. The lowest BCUT2D eigenvalue weighted by Gasteiger charge is -2.24. The zero-order chi connectivity index (χ0) is 23.1. The Balaban J connectivity index is 1.05. The number of nitrogens with zero attached hydrogens (tertiary/aromatic N) is 5. The second-order valence-corrected chi connectivity index (χ2v) is 10.8. The zero-order valence-corrected chi connectivity index (χ0v) is 20.6. The lowest BCUT2D eigenvalue weighted by Crippen LogP contribution is -2.29. The summed E-state index contributed by atoms with van der Waals surface area (Å²) >= 11 is 1.82. The highest BCUT2D eigenvalue weighted by Crippen LogP contribution is 2.58. The van der Waals surface area contributed by atoms with Gasteiger partial charge in [0, 0.05) is 53.8 Å². The van der Waals surface area contributed by atoms with E-state index in [2.05, 4.69) is 80.4 Å². The maximum Gasteiger partial charge on any atom is 0.165 e. The van der Waals surface area contributed by atoms with Crippen LogP contribution >= 0.6 is 11.8 Å². The molecular weight excluding hydrogens is 438 g/mol. The normalized spacial score (nSPS) is 23.7. The largest absolute Gasteiger partial charge is 0.314 e. The Morgan fingerprint density at radius 1 is 1.09 bits per heavy atom. The summed E-state index contributed by atoms with van der Waals surface area (Å²) in [5.74, 6) is 5.85. The number of aryl methyl sites for hydroxylation is 1. The molecule has 0 N–H and O–H groups in total. The van der Waals surface area contributed by atoms with Crippen molar-refractivity contribution < 1.29 is 0 Å². The molecule has 34 heavy (non-hydrogen) atoms. The van der Waals surface area contributed by atoms with Crippen molar-refractivity contribution in [3.63, 3.8) is 0 Å². The number of aromatic nitrogens is 1. The average Bonchev–Trinajstić information content (AvgIpc) is 3.44. The third-order valence-corrected chi connectivity index (χ3v) is 8.58. The molecule has 0 spiro atoms. The van der Waals surface area contributed by atoms with Crippen LogP contribution in [-0.2, 0) is 5.41 Å². The van der Waals surface area contributed by atoms with E-state index in [1.807, 2.05) is 36.9 Å². The first kappa shape index (κ1) is 21.6. The molecule has 0 bridgehead atoms. The second-order valence-electron chi connectivity index (χ2n) is 9.68. The van der Waals surface area contributed by atoms with Gasteiger partial charge in [-0.3, -0.25) is 4.98 Å². The zero-order valence-electron chi connectivity index (χ0n) is 19.7. The molecule has 0 radical (unpaired) electrons. The molecule has 1 saturated heterocycles. The van der Waals surface area contributed by atoms with Crippen LogP contribution in [0.2, 0.25) is 0 Å². The molecule has 1 unspecified atom stereocenters. The van der Waals surface area contributed by atoms with Gasteiger partial charge >= 0.3 is 0 Å². The van der Waals surface area contributed by atoms with Gasteiger partial charge in [0.25, 0.3) is 0 Å². The molecule has 1 aromatic heterocycles. The molecule has 1 aliphatic carbocycles. The van der Waals surface area contributed by atoms with Crippen molar-refractivity contribution in [2.45, 2.75) is 25.2 Å². The van der Waals surface area contributed by atoms with Crippen LogP contribution in [0.15, 0.2) is 75.9 Å². The van der Waals surface area contributed by atoms with Gasteiger partial charge in [-0.15, -0.1) is 10.2 Å². The first-order chi connectivity index (χ1) is 16.6. The van der Waals surface area contributed by atoms with Crippen LogP contribution < -0.4 is 0 Å². The molecule has 3 aromatic rings. The highest BCUT2D eigenvalue weighted by molar-refractivity contribution is 8.03. The molecule has 3 aliphatic rings. The van der Waals surface area contributed by atoms with E-state index in [1.165, 1.54) is 25.1 Å². The van der Waals surface area contributed by atoms with E-state index in [1.54, 1.807) is 0 Å². The second kappa shape index (κ2) is 8.70. The van der Waals surface area contributed by atoms with Crippen LogP contribution in [0.5, 0.6) is 0 Å². The fourth-order valence-electron chi connectivity index (χ4n) is 5.60. The van der Waals surface area contributed by atoms with Gasteiger partial charge in [-0.05, 0) is 49.9 Å². The quantitative estimate of drug-likeness (QED) is 0.456. The van der Waals surface area contributed by atoms with Crippen molar-refractivity contribution >= 4 is 34.4 Å². The van der Waals surface area contributed by atoms with Crippen LogP contribution in [0.4, 0.5) is 0 Å². The SMILES string of the molecule is Cc1ccc2c(C3=NN=C=C(SCCCN4CC5C[C@@]5(c5ccccc5)C4)N3C)cccc2n1. The maximum atomic E-state index is 4.67. The van der Waals surface area contributed by atoms with Crippen LogP contribution in [0.3, 0.4) is 0 Å². The van der Waals surface area contributed by atoms with Gasteiger partial charge in [-0.1, -0.05) is 60.3 Å². The number of rotatable bonds is 7. The maximum absolute atomic E-state index is 4.67. The molecule has 2 aromatic carbocycles. The van der Waals surface area contributed by atoms with Crippen LogP contribution in [0.1, 0.15) is 29.7 Å². The number of piperidine rings is 1. The number of pyridine rings is 1. The summed E-state index contributed by atoms with van der Waals surface area (Å²) in [4.78, 5) is 9.44. The van der Waals surface area contributed by atoms with Gasteiger partial charge in [-0.2, -0.15) is 0 Å². The van der Waals surface area contributed by atoms with Gasteiger partial charge in [-0.25, -0.2) is 0 Å². The van der Waals surface area contributed by atoms with Gasteiger partial charge in [0.15, 0.2) is 5.84 Å². The third kappa shape index (κ3) is 3.86. The lowest BCUT2D eigenvalue weighted by atomic mass is 9.95. The molecule has 2 fully saturated rings. The van der Waals surface area contributed by atoms with Gasteiger partial charge in [0.1, 0.15) is 5.03 Å². The Morgan fingerprint density at radius 2 is 1.97 bits per heavy atom. The Labute approximate surface area is 205 Å². The fraction of sp³-hybridized carbons (Fsp3) is 0.357. The first-order valence-electron chi connectivity index (χ1n) is 12.1. The number of likely N-dealkylation sites (tertiary alicyclic amines) is 1. The minimum atomic E-state index is 0.435. The van der Waals surface area contributed by atoms with Crippen molar-refractivity contribution in [2.75, 3.05) is 32.4 Å². The van der Waals surface area contributed by atoms with Crippen molar-refractivity contribution in [1.29, 1.82) is 0 Å². The summed E-state index contributed by atoms with van der Waals surface area (Å²) < 4.78 is 0. The van der Waals surface area contributed by atoms with E-state index in [0.717, 1.165) is 57.7 Å². The standard InChI is InChI=1S/C28H29N5S/c1-20-12-13-23-24(10-6-11-25(23)30-20)27-31-29-17-26(32(27)2)34-15-7-14-33-18-22-16-28(22,19-33)21-8-4-3-5-9-21/h3-6,8-13,22H,7,14-16,18-19H2,1-2H3/t22?,28-/m0/s1. The van der Waals surface area contributed by atoms with Crippen LogP contribution in [-0.4, -0.2) is 58.9 Å². The summed E-state index contributed by atoms with van der Waals surface area (Å²) in [5.41, 5.74) is 5.02. The lowest BCUT2D eigenvalue weighted by molar-refractivity contribution is 0.299. The summed E-state index contributed by atoms with van der Waals surface area (Å²) in [5, 5.41) is 10.8. The molecule has 6 heteroatoms. The molecule has 0 amide bonds. The number of thioether (sulfide) groups is 1. The number of hydrogen-bond donors (Lipinski definition) is 0. The van der Waals surface area contributed by atoms with Crippen molar-refractivity contribution in [3.8, 4) is 0 Å². The first-order valence-corrected chi connectivity index (χ1v) is 13.0. The average molecular weight is 468 g/mol. The summed E-state index contributed by atoms with van der Waals surface area (Å²) in [6.07, 6.45) is 2.52. The summed E-state index contributed by atoms with van der Waals surface area (Å²) in [7, 11) is 2.06. The Bertz CT molecular complexity index is 1330. The van der Waals surface area contributed by atoms with Crippen molar-refractivity contribution in [1.82, 2.24) is 14.8 Å². The van der Waals surface area contributed by atoms with Crippen LogP contribution in [0, 0.1) is 12.8 Å².